The van der Waals surface area contributed by atoms with Crippen LogP contribution in [0.25, 0.3) is 0 Å². The number of aromatic nitrogens is 1. The fraction of sp³-hybridized carbons (Fsp3) is 0.444. The van der Waals surface area contributed by atoms with Gasteiger partial charge < -0.3 is 10.7 Å². The summed E-state index contributed by atoms with van der Waals surface area (Å²) in [6, 6.07) is 4.01. The molecule has 0 aliphatic rings. The summed E-state index contributed by atoms with van der Waals surface area (Å²) in [5, 5.41) is 2.55. The summed E-state index contributed by atoms with van der Waals surface area (Å²) in [5.41, 5.74) is 5.21. The number of amides is 1. The van der Waals surface area contributed by atoms with Gasteiger partial charge in [0.1, 0.15) is 6.54 Å². The van der Waals surface area contributed by atoms with Gasteiger partial charge in [-0.25, -0.2) is 0 Å². The average molecular weight is 181 g/mol. The zero-order chi connectivity index (χ0) is 9.84. The zero-order valence-electron chi connectivity index (χ0n) is 8.22. The minimum atomic E-state index is -0.0208. The van der Waals surface area contributed by atoms with Crippen molar-refractivity contribution in [3.63, 3.8) is 0 Å². The molecule has 1 aromatic rings. The van der Waals surface area contributed by atoms with Gasteiger partial charge in [0.25, 0.3) is 0 Å². The summed E-state index contributed by atoms with van der Waals surface area (Å²) >= 11 is 0. The zero-order valence-corrected chi connectivity index (χ0v) is 8.22. The summed E-state index contributed by atoms with van der Waals surface area (Å²) in [7, 11) is 1.62. The van der Waals surface area contributed by atoms with Crippen molar-refractivity contribution in [3.8, 4) is 0 Å². The Balaban J connectivity index is 2.58. The number of hydrogen-bond acceptors (Lipinski definition) is 2. The Labute approximate surface area is 77.9 Å². The number of nitrogens with zero attached hydrogens (tertiary/aromatic N) is 1. The Morgan fingerprint density at radius 2 is 1.92 bits per heavy atom. The Bertz CT molecular complexity index is 284. The van der Waals surface area contributed by atoms with Crippen LogP contribution in [-0.4, -0.2) is 24.2 Å². The molecule has 1 aromatic heterocycles. The third kappa shape index (κ3) is 2.24. The summed E-state index contributed by atoms with van der Waals surface area (Å²) in [5.74, 6) is -0.0208. The van der Waals surface area contributed by atoms with Gasteiger partial charge in [-0.1, -0.05) is 0 Å². The molecule has 1 amide bonds. The molecule has 1 heterocycles. The van der Waals surface area contributed by atoms with Crippen molar-refractivity contribution in [2.24, 2.45) is 0 Å². The Hall–Kier alpha value is -1.45. The van der Waals surface area contributed by atoms with Gasteiger partial charge in [-0.15, -0.1) is 0 Å². The molecule has 0 saturated heterocycles. The van der Waals surface area contributed by atoms with Crippen molar-refractivity contribution < 1.29 is 4.79 Å². The number of nitrogens with one attached hydrogen (secondary N) is 2. The second-order valence-corrected chi connectivity index (χ2v) is 2.96. The van der Waals surface area contributed by atoms with Gasteiger partial charge in [0.2, 0.25) is 5.91 Å². The van der Waals surface area contributed by atoms with Crippen molar-refractivity contribution in [1.82, 2.24) is 9.99 Å². The van der Waals surface area contributed by atoms with E-state index in [-0.39, 0.29) is 5.91 Å². The molecule has 13 heavy (non-hydrogen) atoms. The molecule has 0 spiro atoms. The smallest absolute Gasteiger partial charge is 0.240 e. The molecular weight excluding hydrogens is 166 g/mol. The van der Waals surface area contributed by atoms with Crippen molar-refractivity contribution in [1.29, 1.82) is 0 Å². The lowest BCUT2D eigenvalue weighted by Gasteiger charge is -2.11. The van der Waals surface area contributed by atoms with E-state index in [1.165, 1.54) is 0 Å². The maximum absolute atomic E-state index is 10.9. The van der Waals surface area contributed by atoms with Crippen LogP contribution in [0.4, 0.5) is 0 Å². The van der Waals surface area contributed by atoms with Crippen LogP contribution in [0.1, 0.15) is 11.4 Å². The molecule has 4 nitrogen and oxygen atoms in total. The lowest BCUT2D eigenvalue weighted by atomic mass is 10.5. The van der Waals surface area contributed by atoms with Gasteiger partial charge >= 0.3 is 0 Å². The van der Waals surface area contributed by atoms with E-state index in [1.54, 1.807) is 7.05 Å². The topological polar surface area (TPSA) is 46.1 Å². The Morgan fingerprint density at radius 1 is 1.38 bits per heavy atom. The highest BCUT2D eigenvalue weighted by Crippen LogP contribution is 2.03. The predicted molar refractivity (Wildman–Crippen MR) is 52.2 cm³/mol. The molecule has 0 atom stereocenters. The van der Waals surface area contributed by atoms with Gasteiger partial charge in [0.05, 0.1) is 0 Å². The lowest BCUT2D eigenvalue weighted by molar-refractivity contribution is -0.119. The molecule has 0 radical (unpaired) electrons. The van der Waals surface area contributed by atoms with Gasteiger partial charge in [0.15, 0.2) is 0 Å². The molecule has 72 valence electrons. The Kier molecular flexibility index (Phi) is 2.95. The van der Waals surface area contributed by atoms with E-state index in [2.05, 4.69) is 10.7 Å². The second-order valence-electron chi connectivity index (χ2n) is 2.96. The minimum Gasteiger partial charge on any atom is -0.358 e. The fourth-order valence-corrected chi connectivity index (χ4v) is 1.16. The van der Waals surface area contributed by atoms with Gasteiger partial charge in [0, 0.05) is 18.4 Å². The molecule has 0 aliphatic carbocycles. The molecule has 4 heteroatoms. The van der Waals surface area contributed by atoms with Crippen LogP contribution in [0.5, 0.6) is 0 Å². The van der Waals surface area contributed by atoms with Crippen LogP contribution in [0.2, 0.25) is 0 Å². The first-order valence-electron chi connectivity index (χ1n) is 4.24. The number of rotatable bonds is 3. The van der Waals surface area contributed by atoms with E-state index in [0.717, 1.165) is 11.4 Å². The highest BCUT2D eigenvalue weighted by atomic mass is 16.1. The van der Waals surface area contributed by atoms with E-state index in [1.807, 2.05) is 30.7 Å². The van der Waals surface area contributed by atoms with Crippen LogP contribution in [0.15, 0.2) is 12.1 Å². The highest BCUT2D eigenvalue weighted by Gasteiger charge is 2.01. The first-order valence-corrected chi connectivity index (χ1v) is 4.24. The number of likely N-dealkylation sites (N-methyl/N-ethyl adjacent to an activating group) is 1. The van der Waals surface area contributed by atoms with Crippen molar-refractivity contribution in [2.45, 2.75) is 13.8 Å². The minimum absolute atomic E-state index is 0.0208. The maximum Gasteiger partial charge on any atom is 0.240 e. The van der Waals surface area contributed by atoms with Crippen molar-refractivity contribution in [2.75, 3.05) is 19.0 Å². The normalized spacial score (nSPS) is 9.77. The molecule has 2 N–H and O–H groups in total. The van der Waals surface area contributed by atoms with E-state index in [4.69, 9.17) is 0 Å². The van der Waals surface area contributed by atoms with Gasteiger partial charge in [-0.3, -0.25) is 9.47 Å². The monoisotopic (exact) mass is 181 g/mol. The van der Waals surface area contributed by atoms with Gasteiger partial charge in [-0.2, -0.15) is 0 Å². The summed E-state index contributed by atoms with van der Waals surface area (Å²) in [6.07, 6.45) is 0. The number of carbonyl (C=O) groups excluding carboxylic acids is 1. The predicted octanol–water partition coefficient (Wildman–Crippen LogP) is 0.394. The third-order valence-corrected chi connectivity index (χ3v) is 1.95. The van der Waals surface area contributed by atoms with Crippen LogP contribution in [-0.2, 0) is 4.79 Å². The molecule has 0 fully saturated rings. The van der Waals surface area contributed by atoms with Crippen molar-refractivity contribution in [3.05, 3.63) is 23.5 Å². The van der Waals surface area contributed by atoms with Crippen LogP contribution in [0.3, 0.4) is 0 Å². The number of carbonyl (C=O) groups is 1. The van der Waals surface area contributed by atoms with E-state index >= 15 is 0 Å². The largest absolute Gasteiger partial charge is 0.358 e. The van der Waals surface area contributed by atoms with Gasteiger partial charge in [-0.05, 0) is 26.0 Å². The molecular formula is C9H15N3O. The first kappa shape index (κ1) is 9.64. The fourth-order valence-electron chi connectivity index (χ4n) is 1.16. The summed E-state index contributed by atoms with van der Waals surface area (Å²) < 4.78 is 1.90. The van der Waals surface area contributed by atoms with Crippen LogP contribution >= 0.6 is 0 Å². The molecule has 0 aliphatic heterocycles. The van der Waals surface area contributed by atoms with Crippen molar-refractivity contribution >= 4 is 5.91 Å². The number of hydrogen-bond donors (Lipinski definition) is 2. The standard InChI is InChI=1S/C9H15N3O/c1-7-4-5-8(2)12(7)11-6-9(13)10-3/h4-5,11H,6H2,1-3H3,(H,10,13). The molecule has 0 bridgehead atoms. The first-order chi connectivity index (χ1) is 6.15. The van der Waals surface area contributed by atoms with Crippen LogP contribution in [0, 0.1) is 13.8 Å². The maximum atomic E-state index is 10.9. The highest BCUT2D eigenvalue weighted by molar-refractivity contribution is 5.78. The SMILES string of the molecule is CNC(=O)CNn1c(C)ccc1C. The molecule has 0 unspecified atom stereocenters. The lowest BCUT2D eigenvalue weighted by Crippen LogP contribution is -2.31. The summed E-state index contributed by atoms with van der Waals surface area (Å²) in [4.78, 5) is 10.9. The third-order valence-electron chi connectivity index (χ3n) is 1.95. The van der Waals surface area contributed by atoms with E-state index in [9.17, 15) is 4.79 Å². The number of aryl methyl sites for hydroxylation is 2. The van der Waals surface area contributed by atoms with E-state index in [0.29, 0.717) is 6.54 Å². The Morgan fingerprint density at radius 3 is 2.38 bits per heavy atom. The average Bonchev–Trinajstić information content (AvgIpc) is 2.43. The molecule has 0 aromatic carbocycles. The van der Waals surface area contributed by atoms with Crippen LogP contribution < -0.4 is 10.7 Å². The molecule has 0 saturated carbocycles. The molecule has 1 rings (SSSR count). The van der Waals surface area contributed by atoms with E-state index < -0.39 is 0 Å². The summed E-state index contributed by atoms with van der Waals surface area (Å²) in [6.45, 7) is 4.28. The quantitative estimate of drug-likeness (QED) is 0.708. The second kappa shape index (κ2) is 3.98.